The van der Waals surface area contributed by atoms with Gasteiger partial charge < -0.3 is 19.6 Å². The molecule has 154 valence electrons. The van der Waals surface area contributed by atoms with E-state index in [1.165, 1.54) is 0 Å². The second kappa shape index (κ2) is 8.78. The molecule has 2 aliphatic rings. The van der Waals surface area contributed by atoms with Crippen LogP contribution < -0.4 is 4.74 Å². The second-order valence-electron chi connectivity index (χ2n) is 7.98. The lowest BCUT2D eigenvalue weighted by molar-refractivity contribution is -0.138. The third-order valence-electron chi connectivity index (χ3n) is 5.77. The molecule has 7 nitrogen and oxygen atoms in total. The summed E-state index contributed by atoms with van der Waals surface area (Å²) in [7, 11) is 1.81. The van der Waals surface area contributed by atoms with Gasteiger partial charge in [-0.05, 0) is 41.8 Å². The fourth-order valence-corrected chi connectivity index (χ4v) is 3.95. The highest BCUT2D eigenvalue weighted by molar-refractivity contribution is 9.10. The number of aromatic nitrogens is 1. The van der Waals surface area contributed by atoms with Crippen LogP contribution in [0.3, 0.4) is 0 Å². The molecule has 1 aromatic heterocycles. The zero-order valence-corrected chi connectivity index (χ0v) is 18.2. The Morgan fingerprint density at radius 3 is 2.82 bits per heavy atom. The van der Waals surface area contributed by atoms with Crippen LogP contribution in [0, 0.1) is 11.8 Å². The van der Waals surface area contributed by atoms with Crippen molar-refractivity contribution in [2.24, 2.45) is 11.8 Å². The van der Waals surface area contributed by atoms with Crippen LogP contribution in [-0.4, -0.2) is 70.6 Å². The molecule has 1 fully saturated rings. The average Bonchev–Trinajstić information content (AvgIpc) is 2.63. The van der Waals surface area contributed by atoms with Gasteiger partial charge in [-0.15, -0.1) is 0 Å². The van der Waals surface area contributed by atoms with Crippen LogP contribution in [0.5, 0.6) is 5.88 Å². The van der Waals surface area contributed by atoms with E-state index in [9.17, 15) is 14.7 Å². The largest absolute Gasteiger partial charge is 0.472 e. The summed E-state index contributed by atoms with van der Waals surface area (Å²) in [4.78, 5) is 33.4. The monoisotopic (exact) mass is 453 g/mol. The first-order chi connectivity index (χ1) is 13.3. The molecule has 1 N–H and O–H groups in total. The van der Waals surface area contributed by atoms with Crippen molar-refractivity contribution in [2.75, 3.05) is 26.7 Å². The molecule has 28 heavy (non-hydrogen) atoms. The van der Waals surface area contributed by atoms with Crippen LogP contribution in [-0.2, 0) is 4.79 Å². The number of aliphatic hydroxyl groups is 1. The molecule has 8 heteroatoms. The summed E-state index contributed by atoms with van der Waals surface area (Å²) in [5.41, 5.74) is 0.361. The Morgan fingerprint density at radius 1 is 1.50 bits per heavy atom. The minimum atomic E-state index is -0.324. The van der Waals surface area contributed by atoms with Crippen molar-refractivity contribution >= 4 is 27.7 Å². The lowest BCUT2D eigenvalue weighted by Crippen LogP contribution is -2.51. The topological polar surface area (TPSA) is 83.0 Å². The number of pyridine rings is 1. The summed E-state index contributed by atoms with van der Waals surface area (Å²) in [6.07, 6.45) is 4.32. The molecule has 1 aliphatic carbocycles. The van der Waals surface area contributed by atoms with Gasteiger partial charge in [-0.25, -0.2) is 4.98 Å². The number of hydrogen-bond donors (Lipinski definition) is 1. The minimum Gasteiger partial charge on any atom is -0.472 e. The molecule has 1 saturated carbocycles. The number of carbonyl (C=O) groups excluding carboxylic acids is 2. The van der Waals surface area contributed by atoms with Gasteiger partial charge in [0.25, 0.3) is 5.91 Å². The predicted octanol–water partition coefficient (Wildman–Crippen LogP) is 2.32. The van der Waals surface area contributed by atoms with Gasteiger partial charge in [0.05, 0.1) is 19.2 Å². The average molecular weight is 454 g/mol. The van der Waals surface area contributed by atoms with Gasteiger partial charge >= 0.3 is 0 Å². The number of amides is 2. The summed E-state index contributed by atoms with van der Waals surface area (Å²) in [6, 6.07) is 1.37. The highest BCUT2D eigenvalue weighted by Gasteiger charge is 2.36. The molecule has 3 atom stereocenters. The molecule has 0 aromatic carbocycles. The number of ether oxygens (including phenoxy) is 1. The van der Waals surface area contributed by atoms with E-state index in [4.69, 9.17) is 4.74 Å². The Balaban J connectivity index is 1.87. The number of nitrogens with zero attached hydrogens (tertiary/aromatic N) is 3. The Labute approximate surface area is 174 Å². The third kappa shape index (κ3) is 4.33. The van der Waals surface area contributed by atoms with Crippen LogP contribution in [0.2, 0.25) is 0 Å². The Kier molecular flexibility index (Phi) is 6.60. The van der Waals surface area contributed by atoms with Crippen LogP contribution in [0.4, 0.5) is 0 Å². The molecular weight excluding hydrogens is 426 g/mol. The van der Waals surface area contributed by atoms with E-state index < -0.39 is 0 Å². The van der Waals surface area contributed by atoms with E-state index >= 15 is 0 Å². The number of hydrogen-bond acceptors (Lipinski definition) is 5. The first-order valence-corrected chi connectivity index (χ1v) is 10.6. The minimum absolute atomic E-state index is 0.0341. The van der Waals surface area contributed by atoms with Crippen molar-refractivity contribution in [3.63, 3.8) is 0 Å². The number of rotatable bonds is 5. The van der Waals surface area contributed by atoms with Crippen molar-refractivity contribution in [2.45, 2.75) is 45.3 Å². The fourth-order valence-electron chi connectivity index (χ4n) is 3.62. The zero-order valence-electron chi connectivity index (χ0n) is 16.6. The van der Waals surface area contributed by atoms with Crippen LogP contribution in [0.15, 0.2) is 16.7 Å². The van der Waals surface area contributed by atoms with Crippen molar-refractivity contribution in [1.29, 1.82) is 0 Å². The van der Waals surface area contributed by atoms with Gasteiger partial charge in [-0.1, -0.05) is 13.3 Å². The Bertz CT molecular complexity index is 740. The number of halogens is 1. The molecule has 2 amide bonds. The zero-order chi connectivity index (χ0) is 20.4. The summed E-state index contributed by atoms with van der Waals surface area (Å²) >= 11 is 3.36. The van der Waals surface area contributed by atoms with Crippen LogP contribution in [0.25, 0.3) is 0 Å². The maximum absolute atomic E-state index is 13.1. The summed E-state index contributed by atoms with van der Waals surface area (Å²) < 4.78 is 6.84. The quantitative estimate of drug-likeness (QED) is 0.739. The smallest absolute Gasteiger partial charge is 0.259 e. The van der Waals surface area contributed by atoms with E-state index in [1.807, 2.05) is 20.9 Å². The van der Waals surface area contributed by atoms with Gasteiger partial charge in [0.1, 0.15) is 11.7 Å². The Hall–Kier alpha value is -1.67. The van der Waals surface area contributed by atoms with E-state index in [1.54, 1.807) is 22.1 Å². The number of likely N-dealkylation sites (N-methyl/N-ethyl adjacent to an activating group) is 1. The van der Waals surface area contributed by atoms with E-state index in [2.05, 4.69) is 20.9 Å². The predicted molar refractivity (Wildman–Crippen MR) is 108 cm³/mol. The van der Waals surface area contributed by atoms with E-state index in [0.29, 0.717) is 23.1 Å². The van der Waals surface area contributed by atoms with Gasteiger partial charge in [-0.3, -0.25) is 9.59 Å². The molecular formula is C20H28BrN3O4. The van der Waals surface area contributed by atoms with Crippen molar-refractivity contribution in [1.82, 2.24) is 14.8 Å². The molecule has 0 radical (unpaired) electrons. The van der Waals surface area contributed by atoms with Gasteiger partial charge in [0, 0.05) is 36.1 Å². The molecule has 0 saturated heterocycles. The normalized spacial score (nSPS) is 23.8. The second-order valence-corrected chi connectivity index (χ2v) is 8.89. The van der Waals surface area contributed by atoms with Crippen LogP contribution in [0.1, 0.15) is 43.5 Å². The third-order valence-corrected chi connectivity index (χ3v) is 6.21. The molecule has 0 bridgehead atoms. The van der Waals surface area contributed by atoms with Gasteiger partial charge in [0.2, 0.25) is 11.8 Å². The Morgan fingerprint density at radius 2 is 2.21 bits per heavy atom. The number of fused-ring (bicyclic) bond motifs is 1. The molecule has 3 rings (SSSR count). The summed E-state index contributed by atoms with van der Waals surface area (Å²) in [6.45, 7) is 4.56. The lowest BCUT2D eigenvalue weighted by Gasteiger charge is -2.38. The van der Waals surface area contributed by atoms with E-state index in [-0.39, 0.29) is 48.3 Å². The molecule has 0 spiro atoms. The number of carbonyl (C=O) groups is 2. The number of aliphatic hydroxyl groups excluding tert-OH is 1. The molecule has 1 aliphatic heterocycles. The van der Waals surface area contributed by atoms with Crippen molar-refractivity contribution in [3.8, 4) is 5.88 Å². The fraction of sp³-hybridized carbons (Fsp3) is 0.650. The maximum atomic E-state index is 13.1. The first-order valence-electron chi connectivity index (χ1n) is 9.80. The maximum Gasteiger partial charge on any atom is 0.259 e. The highest BCUT2D eigenvalue weighted by atomic mass is 79.9. The van der Waals surface area contributed by atoms with Crippen molar-refractivity contribution in [3.05, 3.63) is 22.3 Å². The summed E-state index contributed by atoms with van der Waals surface area (Å²) in [5.74, 6) is 0.305. The SMILES string of the molecule is C[C@H]1CN([C@@H](C)CO)C(=O)c2cc(Br)cnc2O[C@H]1CN(C)C(=O)C1CCC1. The van der Waals surface area contributed by atoms with Gasteiger partial charge in [0.15, 0.2) is 0 Å². The first kappa shape index (κ1) is 21.0. The van der Waals surface area contributed by atoms with Crippen molar-refractivity contribution < 1.29 is 19.4 Å². The van der Waals surface area contributed by atoms with E-state index in [0.717, 1.165) is 19.3 Å². The van der Waals surface area contributed by atoms with Gasteiger partial charge in [-0.2, -0.15) is 0 Å². The lowest BCUT2D eigenvalue weighted by atomic mass is 9.84. The molecule has 2 heterocycles. The summed E-state index contributed by atoms with van der Waals surface area (Å²) in [5, 5.41) is 9.63. The molecule has 0 unspecified atom stereocenters. The molecule has 1 aromatic rings. The highest BCUT2D eigenvalue weighted by Crippen LogP contribution is 2.30. The van der Waals surface area contributed by atoms with Crippen LogP contribution >= 0.6 is 15.9 Å². The standard InChI is InChI=1S/C20H28BrN3O4/c1-12-9-24(13(2)11-25)20(27)16-7-15(21)8-22-18(16)28-17(12)10-23(3)19(26)14-5-4-6-14/h7-8,12-14,17,25H,4-6,9-11H2,1-3H3/t12-,13-,17-/m0/s1.